The summed E-state index contributed by atoms with van der Waals surface area (Å²) in [6.45, 7) is 2.53. The number of carboxylic acids is 2. The molecule has 9 N–H and O–H groups in total. The number of hydrogen-bond acceptors (Lipinski definition) is 7. The third-order valence-corrected chi connectivity index (χ3v) is 6.05. The van der Waals surface area contributed by atoms with Crippen molar-refractivity contribution in [1.29, 1.82) is 0 Å². The fourth-order valence-corrected chi connectivity index (χ4v) is 3.70. The minimum atomic E-state index is -1.69. The molecule has 0 bridgehead atoms. The van der Waals surface area contributed by atoms with Crippen LogP contribution in [0, 0.1) is 5.92 Å². The van der Waals surface area contributed by atoms with E-state index in [4.69, 9.17) is 15.9 Å². The molecule has 1 aromatic heterocycles. The van der Waals surface area contributed by atoms with E-state index in [1.54, 1.807) is 20.0 Å². The number of carbonyl (C=O) groups is 5. The number of aliphatic hydroxyl groups is 1. The highest BCUT2D eigenvalue weighted by Crippen LogP contribution is 2.19. The van der Waals surface area contributed by atoms with Crippen molar-refractivity contribution in [3.63, 3.8) is 0 Å². The molecule has 0 aliphatic carbocycles. The number of nitrogens with two attached hydrogens (primary N) is 1. The van der Waals surface area contributed by atoms with Gasteiger partial charge in [0.25, 0.3) is 0 Å². The van der Waals surface area contributed by atoms with Gasteiger partial charge in [0.15, 0.2) is 0 Å². The Hall–Kier alpha value is -3.97. The van der Waals surface area contributed by atoms with Crippen LogP contribution in [0.1, 0.15) is 32.3 Å². The number of rotatable bonds is 14. The number of H-pyrrole nitrogens is 1. The number of aliphatic hydroxyl groups excluding tert-OH is 1. The first-order chi connectivity index (χ1) is 17.5. The Labute approximate surface area is 212 Å². The summed E-state index contributed by atoms with van der Waals surface area (Å²) in [6.07, 6.45) is 1.54. The van der Waals surface area contributed by atoms with Gasteiger partial charge in [0, 0.05) is 17.1 Å². The molecule has 13 nitrogen and oxygen atoms in total. The molecule has 1 aromatic carbocycles. The van der Waals surface area contributed by atoms with Crippen molar-refractivity contribution in [1.82, 2.24) is 20.9 Å². The van der Waals surface area contributed by atoms with Crippen molar-refractivity contribution in [3.05, 3.63) is 36.0 Å². The summed E-state index contributed by atoms with van der Waals surface area (Å²) >= 11 is 0. The zero-order valence-electron chi connectivity index (χ0n) is 20.6. The van der Waals surface area contributed by atoms with Gasteiger partial charge in [-0.3, -0.25) is 19.2 Å². The fourth-order valence-electron chi connectivity index (χ4n) is 3.70. The predicted molar refractivity (Wildman–Crippen MR) is 132 cm³/mol. The van der Waals surface area contributed by atoms with Crippen molar-refractivity contribution < 1.29 is 39.3 Å². The molecule has 1 heterocycles. The average molecular weight is 520 g/mol. The number of benzene rings is 1. The summed E-state index contributed by atoms with van der Waals surface area (Å²) in [6, 6.07) is 2.01. The maximum absolute atomic E-state index is 13.1. The Morgan fingerprint density at radius 2 is 1.62 bits per heavy atom. The van der Waals surface area contributed by atoms with Crippen LogP contribution in [0.5, 0.6) is 0 Å². The largest absolute Gasteiger partial charge is 0.481 e. The van der Waals surface area contributed by atoms with Crippen LogP contribution in [-0.2, 0) is 30.4 Å². The van der Waals surface area contributed by atoms with Gasteiger partial charge in [-0.15, -0.1) is 0 Å². The lowest BCUT2D eigenvalue weighted by molar-refractivity contribution is -0.144. The number of hydrogen-bond donors (Lipinski definition) is 8. The molecule has 3 amide bonds. The molecule has 2 rings (SSSR count). The first-order valence-corrected chi connectivity index (χ1v) is 11.8. The van der Waals surface area contributed by atoms with Gasteiger partial charge >= 0.3 is 11.9 Å². The van der Waals surface area contributed by atoms with Crippen molar-refractivity contribution in [2.24, 2.45) is 11.7 Å². The van der Waals surface area contributed by atoms with Crippen LogP contribution >= 0.6 is 0 Å². The molecule has 0 spiro atoms. The number of aromatic amines is 1. The number of fused-ring (bicyclic) bond motifs is 1. The highest BCUT2D eigenvalue weighted by molar-refractivity contribution is 5.96. The number of nitrogens with one attached hydrogen (secondary N) is 4. The molecule has 0 radical (unpaired) electrons. The van der Waals surface area contributed by atoms with E-state index in [1.807, 2.05) is 29.6 Å². The number of aliphatic carboxylic acids is 2. The van der Waals surface area contributed by atoms with Crippen LogP contribution in [0.15, 0.2) is 30.5 Å². The summed E-state index contributed by atoms with van der Waals surface area (Å²) in [5.74, 6) is -5.94. The van der Waals surface area contributed by atoms with E-state index in [-0.39, 0.29) is 6.42 Å². The molecule has 5 unspecified atom stereocenters. The van der Waals surface area contributed by atoms with Crippen LogP contribution in [-0.4, -0.2) is 80.7 Å². The molecule has 202 valence electrons. The summed E-state index contributed by atoms with van der Waals surface area (Å²) in [7, 11) is 0. The highest BCUT2D eigenvalue weighted by atomic mass is 16.4. The van der Waals surface area contributed by atoms with Gasteiger partial charge in [-0.05, 0) is 24.0 Å². The van der Waals surface area contributed by atoms with Crippen molar-refractivity contribution in [3.8, 4) is 0 Å². The van der Waals surface area contributed by atoms with Crippen LogP contribution in [0.2, 0.25) is 0 Å². The van der Waals surface area contributed by atoms with E-state index >= 15 is 0 Å². The van der Waals surface area contributed by atoms with Gasteiger partial charge in [0.05, 0.1) is 19.1 Å². The molecule has 13 heteroatoms. The third kappa shape index (κ3) is 8.02. The number of amides is 3. The maximum atomic E-state index is 13.1. The SMILES string of the molecule is CCC(C)C(NC(=O)C(N)Cc1c[nH]c2ccccc12)C(=O)NC(CC(=O)O)C(=O)NC(CO)C(=O)O. The Bertz CT molecular complexity index is 1130. The third-order valence-electron chi connectivity index (χ3n) is 6.05. The van der Waals surface area contributed by atoms with Gasteiger partial charge in [0.2, 0.25) is 17.7 Å². The quantitative estimate of drug-likeness (QED) is 0.154. The lowest BCUT2D eigenvalue weighted by Gasteiger charge is -2.27. The Morgan fingerprint density at radius 3 is 2.22 bits per heavy atom. The summed E-state index contributed by atoms with van der Waals surface area (Å²) in [4.78, 5) is 63.9. The molecule has 0 fully saturated rings. The van der Waals surface area contributed by atoms with Gasteiger partial charge in [0.1, 0.15) is 18.1 Å². The van der Waals surface area contributed by atoms with E-state index in [0.717, 1.165) is 16.5 Å². The molecule has 37 heavy (non-hydrogen) atoms. The smallest absolute Gasteiger partial charge is 0.328 e. The van der Waals surface area contributed by atoms with Crippen LogP contribution in [0.3, 0.4) is 0 Å². The highest BCUT2D eigenvalue weighted by Gasteiger charge is 2.33. The van der Waals surface area contributed by atoms with Gasteiger partial charge < -0.3 is 42.0 Å². The van der Waals surface area contributed by atoms with Crippen LogP contribution < -0.4 is 21.7 Å². The van der Waals surface area contributed by atoms with Crippen molar-refractivity contribution in [2.75, 3.05) is 6.61 Å². The van der Waals surface area contributed by atoms with Crippen LogP contribution in [0.4, 0.5) is 0 Å². The minimum absolute atomic E-state index is 0.187. The van der Waals surface area contributed by atoms with Gasteiger partial charge in [-0.2, -0.15) is 0 Å². The van der Waals surface area contributed by atoms with E-state index in [1.165, 1.54) is 0 Å². The Morgan fingerprint density at radius 1 is 0.973 bits per heavy atom. The van der Waals surface area contributed by atoms with E-state index in [2.05, 4.69) is 15.6 Å². The van der Waals surface area contributed by atoms with E-state index < -0.39 is 72.8 Å². The summed E-state index contributed by atoms with van der Waals surface area (Å²) in [5.41, 5.74) is 7.83. The molecule has 0 saturated carbocycles. The van der Waals surface area contributed by atoms with E-state index in [0.29, 0.717) is 6.42 Å². The normalized spacial score (nSPS) is 15.1. The predicted octanol–water partition coefficient (Wildman–Crippen LogP) is -0.910. The van der Waals surface area contributed by atoms with Gasteiger partial charge in [-0.25, -0.2) is 4.79 Å². The number of carbonyl (C=O) groups excluding carboxylic acids is 3. The second kappa shape index (κ2) is 13.4. The molecular formula is C24H33N5O8. The molecule has 0 saturated heterocycles. The second-order valence-corrected chi connectivity index (χ2v) is 8.78. The fraction of sp³-hybridized carbons (Fsp3) is 0.458. The first kappa shape index (κ1) is 29.3. The molecule has 0 aliphatic heterocycles. The summed E-state index contributed by atoms with van der Waals surface area (Å²) < 4.78 is 0. The maximum Gasteiger partial charge on any atom is 0.328 e. The zero-order chi connectivity index (χ0) is 27.7. The van der Waals surface area contributed by atoms with E-state index in [9.17, 15) is 29.1 Å². The topological polar surface area (TPSA) is 224 Å². The summed E-state index contributed by atoms with van der Waals surface area (Å²) in [5, 5.41) is 35.1. The number of para-hydroxylation sites is 1. The molecule has 2 aromatic rings. The van der Waals surface area contributed by atoms with Crippen molar-refractivity contribution in [2.45, 2.75) is 57.3 Å². The molecule has 5 atom stereocenters. The minimum Gasteiger partial charge on any atom is -0.481 e. The second-order valence-electron chi connectivity index (χ2n) is 8.78. The lowest BCUT2D eigenvalue weighted by atomic mass is 9.96. The Balaban J connectivity index is 2.14. The average Bonchev–Trinajstić information content (AvgIpc) is 3.26. The number of aromatic nitrogens is 1. The molecular weight excluding hydrogens is 486 g/mol. The van der Waals surface area contributed by atoms with Gasteiger partial charge in [-0.1, -0.05) is 38.5 Å². The molecule has 0 aliphatic rings. The Kier molecular flexibility index (Phi) is 10.6. The first-order valence-electron chi connectivity index (χ1n) is 11.8. The van der Waals surface area contributed by atoms with Crippen LogP contribution in [0.25, 0.3) is 10.9 Å². The van der Waals surface area contributed by atoms with Crippen molar-refractivity contribution >= 4 is 40.6 Å². The zero-order valence-corrected chi connectivity index (χ0v) is 20.6. The monoisotopic (exact) mass is 519 g/mol. The number of carboxylic acid groups (broad SMARTS) is 2. The lowest BCUT2D eigenvalue weighted by Crippen LogP contribution is -2.59. The standard InChI is InChI=1S/C24H33N5O8/c1-3-12(2)20(23(35)27-17(9-19(31)32)22(34)28-18(11-30)24(36)37)29-21(33)15(25)8-13-10-26-16-7-5-4-6-14(13)16/h4-7,10,12,15,17-18,20,26,30H,3,8-9,11,25H2,1-2H3,(H,27,35)(H,28,34)(H,29,33)(H,31,32)(H,36,37).